The van der Waals surface area contributed by atoms with Gasteiger partial charge in [0.2, 0.25) is 0 Å². The van der Waals surface area contributed by atoms with Crippen molar-refractivity contribution in [3.05, 3.63) is 0 Å². The van der Waals surface area contributed by atoms with E-state index in [2.05, 4.69) is 0 Å². The van der Waals surface area contributed by atoms with E-state index in [9.17, 15) is 0 Å². The number of carbonyl (C=O) groups is 2. The van der Waals surface area contributed by atoms with Gasteiger partial charge in [-0.1, -0.05) is 0 Å². The summed E-state index contributed by atoms with van der Waals surface area (Å²) in [6.07, 6.45) is 0. The molecule has 11 heavy (non-hydrogen) atoms. The molecule has 0 heterocycles. The summed E-state index contributed by atoms with van der Waals surface area (Å²) in [5, 5.41) is 14.8. The van der Waals surface area contributed by atoms with Crippen LogP contribution in [0.4, 0.5) is 0 Å². The van der Waals surface area contributed by atoms with E-state index in [1.807, 2.05) is 0 Å². The van der Waals surface area contributed by atoms with Gasteiger partial charge in [0.25, 0.3) is 0 Å². The minimum atomic E-state index is -5.52. The second-order valence-electron chi connectivity index (χ2n) is 1.06. The first kappa shape index (κ1) is 12.8. The van der Waals surface area contributed by atoms with E-state index in [4.69, 9.17) is 34.1 Å². The van der Waals surface area contributed by atoms with Gasteiger partial charge in [0.1, 0.15) is 0 Å². The van der Waals surface area contributed by atoms with Crippen molar-refractivity contribution in [1.29, 1.82) is 0 Å². The van der Waals surface area contributed by atoms with Crippen molar-refractivity contribution in [3.8, 4) is 0 Å². The average molecular weight is 252 g/mol. The van der Waals surface area contributed by atoms with Crippen molar-refractivity contribution in [1.82, 2.24) is 0 Å². The minimum absolute atomic E-state index is 1.82. The fourth-order valence-electron chi connectivity index (χ4n) is 0. The number of hydrogen-bond acceptors (Lipinski definition) is 4. The third-order valence-corrected chi connectivity index (χ3v) is 0.183. The summed E-state index contributed by atoms with van der Waals surface area (Å²) in [5.74, 6) is -3.65. The van der Waals surface area contributed by atoms with E-state index < -0.39 is 28.7 Å². The van der Waals surface area contributed by atoms with E-state index in [0.29, 0.717) is 0 Å². The first-order valence-electron chi connectivity index (χ1n) is 1.80. The predicted molar refractivity (Wildman–Crippen MR) is 21.1 cm³/mol. The summed E-state index contributed by atoms with van der Waals surface area (Å²) in [6.45, 7) is 0. The Hall–Kier alpha value is -0.852. The molecule has 0 rings (SSSR count). The molecule has 0 atom stereocenters. The fraction of sp³-hybridized carbons (Fsp3) is 0. The Morgan fingerprint density at radius 1 is 0.909 bits per heavy atom. The zero-order valence-corrected chi connectivity index (χ0v) is 6.84. The van der Waals surface area contributed by atoms with Crippen LogP contribution in [0.3, 0.4) is 0 Å². The van der Waals surface area contributed by atoms with Crippen LogP contribution >= 0.6 is 0 Å². The molecule has 0 spiro atoms. The van der Waals surface area contributed by atoms with Crippen molar-refractivity contribution >= 4 is 11.9 Å². The van der Waals surface area contributed by atoms with Gasteiger partial charge in [-0.3, -0.25) is 0 Å². The third-order valence-electron chi connectivity index (χ3n) is 0.183. The second-order valence-corrected chi connectivity index (χ2v) is 3.26. The van der Waals surface area contributed by atoms with E-state index in [1.165, 1.54) is 0 Å². The van der Waals surface area contributed by atoms with Crippen LogP contribution in [0.5, 0.6) is 0 Å². The van der Waals surface area contributed by atoms with E-state index in [1.54, 1.807) is 0 Å². The third kappa shape index (κ3) is 47.2. The van der Waals surface area contributed by atoms with Crippen LogP contribution in [0.15, 0.2) is 0 Å². The Morgan fingerprint density at radius 2 is 1.00 bits per heavy atom. The molecule has 4 N–H and O–H groups in total. The predicted octanol–water partition coefficient (Wildman–Crippen LogP) is -2.20. The van der Waals surface area contributed by atoms with E-state index >= 15 is 0 Å². The van der Waals surface area contributed by atoms with Crippen molar-refractivity contribution < 1.29 is 50.9 Å². The van der Waals surface area contributed by atoms with Gasteiger partial charge in [0.05, 0.1) is 0 Å². The van der Waals surface area contributed by atoms with Gasteiger partial charge >= 0.3 is 43.0 Å². The number of carboxylic acids is 2. The van der Waals surface area contributed by atoms with Crippen LogP contribution in [0, 0.1) is 0 Å². The monoisotopic (exact) mass is 254 g/mol. The summed E-state index contributed by atoms with van der Waals surface area (Å²) < 4.78 is 32.0. The quantitative estimate of drug-likeness (QED) is 0.280. The number of rotatable bonds is 0. The zero-order valence-electron chi connectivity index (χ0n) is 4.83. The van der Waals surface area contributed by atoms with Crippen LogP contribution in [-0.4, -0.2) is 29.7 Å². The van der Waals surface area contributed by atoms with E-state index in [-0.39, 0.29) is 0 Å². The van der Waals surface area contributed by atoms with Crippen LogP contribution in [0.25, 0.3) is 0 Å². The second kappa shape index (κ2) is 4.89. The van der Waals surface area contributed by atoms with Gasteiger partial charge in [-0.05, 0) is 0 Å². The molecule has 0 fully saturated rings. The van der Waals surface area contributed by atoms with Crippen LogP contribution < -0.4 is 0 Å². The molecule has 0 saturated heterocycles. The summed E-state index contributed by atoms with van der Waals surface area (Å²) >= 11 is -5.52. The van der Waals surface area contributed by atoms with Crippen molar-refractivity contribution in [3.63, 3.8) is 0 Å². The molecule has 0 aliphatic heterocycles. The first-order valence-corrected chi connectivity index (χ1v) is 5.24. The van der Waals surface area contributed by atoms with Gasteiger partial charge in [-0.2, -0.15) is 0 Å². The van der Waals surface area contributed by atoms with Gasteiger partial charge in [0.15, 0.2) is 0 Å². The molecule has 66 valence electrons. The van der Waals surface area contributed by atoms with Crippen LogP contribution in [-0.2, 0) is 33.1 Å². The molecule has 0 bridgehead atoms. The average Bonchev–Trinajstić information content (AvgIpc) is 1.59. The Labute approximate surface area is 63.4 Å². The topological polar surface area (TPSA) is 149 Å². The van der Waals surface area contributed by atoms with Gasteiger partial charge in [0, 0.05) is 0 Å². The normalized spacial score (nSPS) is 9.27. The number of aliphatic carboxylic acids is 2. The maximum absolute atomic E-state index is 9.10. The Balaban J connectivity index is 0. The zero-order chi connectivity index (χ0) is 9.65. The van der Waals surface area contributed by atoms with Gasteiger partial charge in [-0.25, -0.2) is 9.59 Å². The molecular formula is C2H4MoO8. The fourth-order valence-corrected chi connectivity index (χ4v) is 0. The van der Waals surface area contributed by atoms with E-state index in [0.717, 1.165) is 0 Å². The summed E-state index contributed by atoms with van der Waals surface area (Å²) in [7, 11) is 0. The molecule has 0 unspecified atom stereocenters. The molecule has 0 amide bonds. The Bertz CT molecular complexity index is 215. The van der Waals surface area contributed by atoms with Crippen LogP contribution in [0.1, 0.15) is 0 Å². The summed E-state index contributed by atoms with van der Waals surface area (Å²) in [5.41, 5.74) is 0. The first-order chi connectivity index (χ1) is 4.64. The maximum atomic E-state index is 9.10. The molecule has 0 aromatic heterocycles. The molecule has 8 nitrogen and oxygen atoms in total. The van der Waals surface area contributed by atoms with Gasteiger partial charge < -0.3 is 10.2 Å². The molecule has 9 heteroatoms. The summed E-state index contributed by atoms with van der Waals surface area (Å²) in [6, 6.07) is 0. The molecular weight excluding hydrogens is 248 g/mol. The van der Waals surface area contributed by atoms with Crippen LogP contribution in [0.2, 0.25) is 0 Å². The Kier molecular flexibility index (Phi) is 5.68. The summed E-state index contributed by atoms with van der Waals surface area (Å²) in [4.78, 5) is 18.2. The number of hydrogen-bond donors (Lipinski definition) is 4. The molecule has 0 radical (unpaired) electrons. The molecule has 0 aliphatic rings. The molecule has 0 saturated carbocycles. The van der Waals surface area contributed by atoms with Gasteiger partial charge in [-0.15, -0.1) is 0 Å². The SMILES string of the molecule is O=C(O)C(=O)O.[O]=[Mo](=[O])([OH])[OH]. The van der Waals surface area contributed by atoms with Crippen molar-refractivity contribution in [2.24, 2.45) is 0 Å². The van der Waals surface area contributed by atoms with Crippen molar-refractivity contribution in [2.75, 3.05) is 0 Å². The van der Waals surface area contributed by atoms with Crippen molar-refractivity contribution in [2.45, 2.75) is 0 Å². The molecule has 0 aromatic rings. The molecule has 0 aromatic carbocycles. The molecule has 0 aliphatic carbocycles. The standard InChI is InChI=1S/C2H2O4.Mo.2H2O.2O/c3-1(4)2(5)6;;;;;/h(H,3,4)(H,5,6);;2*1H2;;/q;+2;;;;/p-2. The Morgan fingerprint density at radius 3 is 1.00 bits per heavy atom. The number of carboxylic acid groups (broad SMARTS) is 2.